The van der Waals surface area contributed by atoms with Crippen LogP contribution in [0.1, 0.15) is 12.5 Å². The van der Waals surface area contributed by atoms with Crippen molar-refractivity contribution in [2.75, 3.05) is 19.7 Å². The number of para-hydroxylation sites is 2. The molecule has 0 aliphatic carbocycles. The summed E-state index contributed by atoms with van der Waals surface area (Å²) in [5, 5.41) is 7.34. The Labute approximate surface area is 190 Å². The lowest BCUT2D eigenvalue weighted by Gasteiger charge is -2.26. The fourth-order valence-electron chi connectivity index (χ4n) is 4.28. The van der Waals surface area contributed by atoms with Crippen molar-refractivity contribution in [3.63, 3.8) is 0 Å². The number of carbonyl (C=O) groups excluding carboxylic acids is 3. The molecule has 5 rings (SSSR count). The molecule has 0 bridgehead atoms. The van der Waals surface area contributed by atoms with Gasteiger partial charge in [0.25, 0.3) is 5.91 Å². The van der Waals surface area contributed by atoms with Gasteiger partial charge in [0, 0.05) is 0 Å². The van der Waals surface area contributed by atoms with E-state index in [4.69, 9.17) is 9.47 Å². The number of hydrogen-bond acceptors (Lipinski definition) is 5. The summed E-state index contributed by atoms with van der Waals surface area (Å²) in [6.45, 7) is 1.77. The predicted octanol–water partition coefficient (Wildman–Crippen LogP) is 2.56. The number of rotatable bonds is 5. The van der Waals surface area contributed by atoms with Gasteiger partial charge in [0.2, 0.25) is 5.91 Å². The van der Waals surface area contributed by atoms with Gasteiger partial charge in [-0.05, 0) is 35.4 Å². The van der Waals surface area contributed by atoms with E-state index in [9.17, 15) is 14.4 Å². The molecule has 8 heteroatoms. The van der Waals surface area contributed by atoms with Crippen LogP contribution in [0.5, 0.6) is 11.5 Å². The maximum absolute atomic E-state index is 13.3. The summed E-state index contributed by atoms with van der Waals surface area (Å²) in [6, 6.07) is 20.0. The van der Waals surface area contributed by atoms with Gasteiger partial charge in [0.1, 0.15) is 24.8 Å². The lowest BCUT2D eigenvalue weighted by atomic mass is 9.88. The zero-order chi connectivity index (χ0) is 23.0. The van der Waals surface area contributed by atoms with E-state index >= 15 is 0 Å². The summed E-state index contributed by atoms with van der Waals surface area (Å²) in [5.41, 5.74) is -0.573. The molecular formula is C25H23N3O5. The minimum absolute atomic E-state index is 0.192. The van der Waals surface area contributed by atoms with E-state index in [1.165, 1.54) is 0 Å². The number of fused-ring (bicyclic) bond motifs is 2. The van der Waals surface area contributed by atoms with E-state index in [0.717, 1.165) is 15.7 Å². The molecule has 3 aromatic carbocycles. The van der Waals surface area contributed by atoms with Crippen LogP contribution >= 0.6 is 0 Å². The van der Waals surface area contributed by atoms with Crippen LogP contribution in [0.25, 0.3) is 10.8 Å². The molecule has 168 valence electrons. The Bertz CT molecular complexity index is 1250. The van der Waals surface area contributed by atoms with Crippen LogP contribution in [-0.2, 0) is 15.1 Å². The molecule has 3 aromatic rings. The maximum Gasteiger partial charge on any atom is 0.325 e. The van der Waals surface area contributed by atoms with Crippen LogP contribution in [0.4, 0.5) is 4.79 Å². The van der Waals surface area contributed by atoms with Crippen molar-refractivity contribution in [3.05, 3.63) is 72.3 Å². The minimum Gasteiger partial charge on any atom is -0.486 e. The summed E-state index contributed by atoms with van der Waals surface area (Å²) in [7, 11) is 0. The van der Waals surface area contributed by atoms with Crippen LogP contribution in [0.3, 0.4) is 0 Å². The first-order chi connectivity index (χ1) is 16.0. The summed E-state index contributed by atoms with van der Waals surface area (Å²) in [5.74, 6) is 0.350. The molecule has 0 unspecified atom stereocenters. The highest BCUT2D eigenvalue weighted by molar-refractivity contribution is 6.10. The van der Waals surface area contributed by atoms with Gasteiger partial charge in [-0.1, -0.05) is 54.6 Å². The summed E-state index contributed by atoms with van der Waals surface area (Å²) < 4.78 is 11.5. The normalized spacial score (nSPS) is 21.7. The van der Waals surface area contributed by atoms with Gasteiger partial charge in [-0.15, -0.1) is 0 Å². The van der Waals surface area contributed by atoms with Gasteiger partial charge in [0.15, 0.2) is 11.5 Å². The first-order valence-corrected chi connectivity index (χ1v) is 10.7. The minimum atomic E-state index is -1.26. The van der Waals surface area contributed by atoms with Crippen molar-refractivity contribution in [3.8, 4) is 11.5 Å². The van der Waals surface area contributed by atoms with Crippen molar-refractivity contribution in [1.82, 2.24) is 15.5 Å². The highest BCUT2D eigenvalue weighted by Gasteiger charge is 2.50. The van der Waals surface area contributed by atoms with E-state index in [-0.39, 0.29) is 19.2 Å². The lowest BCUT2D eigenvalue weighted by Crippen LogP contribution is -2.46. The molecule has 1 saturated heterocycles. The Hall–Kier alpha value is -4.07. The highest BCUT2D eigenvalue weighted by Crippen LogP contribution is 2.34. The molecule has 0 radical (unpaired) electrons. The van der Waals surface area contributed by atoms with Gasteiger partial charge < -0.3 is 20.1 Å². The first-order valence-electron chi connectivity index (χ1n) is 10.7. The zero-order valence-electron chi connectivity index (χ0n) is 18.0. The molecule has 0 spiro atoms. The summed E-state index contributed by atoms with van der Waals surface area (Å²) in [6.07, 6.45) is -0.368. The quantitative estimate of drug-likeness (QED) is 0.589. The van der Waals surface area contributed by atoms with Crippen LogP contribution in [-0.4, -0.2) is 48.5 Å². The van der Waals surface area contributed by atoms with E-state index in [2.05, 4.69) is 10.6 Å². The Kier molecular flexibility index (Phi) is 5.12. The van der Waals surface area contributed by atoms with Crippen molar-refractivity contribution >= 4 is 28.6 Å². The lowest BCUT2D eigenvalue weighted by molar-refractivity contribution is -0.134. The summed E-state index contributed by atoms with van der Waals surface area (Å²) >= 11 is 0. The van der Waals surface area contributed by atoms with E-state index < -0.39 is 23.4 Å². The molecule has 1 fully saturated rings. The average molecular weight is 445 g/mol. The van der Waals surface area contributed by atoms with Crippen molar-refractivity contribution < 1.29 is 23.9 Å². The van der Waals surface area contributed by atoms with E-state index in [1.54, 1.807) is 13.0 Å². The number of imide groups is 1. The van der Waals surface area contributed by atoms with Crippen LogP contribution < -0.4 is 20.1 Å². The molecule has 0 saturated carbocycles. The summed E-state index contributed by atoms with van der Waals surface area (Å²) in [4.78, 5) is 39.4. The number of hydrogen-bond donors (Lipinski definition) is 2. The van der Waals surface area contributed by atoms with Crippen LogP contribution in [0.2, 0.25) is 0 Å². The second kappa shape index (κ2) is 8.12. The predicted molar refractivity (Wildman–Crippen MR) is 121 cm³/mol. The third-order valence-corrected chi connectivity index (χ3v) is 6.00. The Morgan fingerprint density at radius 1 is 1.06 bits per heavy atom. The third-order valence-electron chi connectivity index (χ3n) is 6.00. The van der Waals surface area contributed by atoms with Gasteiger partial charge in [-0.2, -0.15) is 0 Å². The molecule has 33 heavy (non-hydrogen) atoms. The SMILES string of the molecule is C[C@@]1(c2cccc3ccccc23)NC(=O)N(CC(=O)NC[C@H]2COc3ccccc3O2)C1=O. The number of urea groups is 1. The number of carbonyl (C=O) groups is 3. The molecule has 2 N–H and O–H groups in total. The monoisotopic (exact) mass is 445 g/mol. The Morgan fingerprint density at radius 3 is 2.64 bits per heavy atom. The first kappa shape index (κ1) is 20.8. The van der Waals surface area contributed by atoms with E-state index in [1.807, 2.05) is 60.7 Å². The van der Waals surface area contributed by atoms with Crippen LogP contribution in [0.15, 0.2) is 66.7 Å². The average Bonchev–Trinajstić information content (AvgIpc) is 3.06. The Morgan fingerprint density at radius 2 is 1.79 bits per heavy atom. The van der Waals surface area contributed by atoms with Crippen molar-refractivity contribution in [2.24, 2.45) is 0 Å². The largest absolute Gasteiger partial charge is 0.486 e. The number of nitrogens with one attached hydrogen (secondary N) is 2. The standard InChI is InChI=1S/C25H23N3O5/c1-25(19-10-6-8-16-7-2-3-9-18(16)19)23(30)28(24(31)27-25)14-22(29)26-13-17-15-32-20-11-4-5-12-21(20)33-17/h2-12,17H,13-15H2,1H3,(H,26,29)(H,27,31)/t17-,25-/m0/s1. The van der Waals surface area contributed by atoms with Crippen LogP contribution in [0, 0.1) is 0 Å². The fourth-order valence-corrected chi connectivity index (χ4v) is 4.28. The molecule has 8 nitrogen and oxygen atoms in total. The molecular weight excluding hydrogens is 422 g/mol. The zero-order valence-corrected chi connectivity index (χ0v) is 18.0. The third kappa shape index (κ3) is 3.73. The second-order valence-electron chi connectivity index (χ2n) is 8.27. The molecule has 2 atom stereocenters. The number of amides is 4. The van der Waals surface area contributed by atoms with Gasteiger partial charge in [0.05, 0.1) is 6.54 Å². The molecule has 2 aliphatic heterocycles. The molecule has 0 aromatic heterocycles. The van der Waals surface area contributed by atoms with Gasteiger partial charge >= 0.3 is 6.03 Å². The number of benzene rings is 3. The second-order valence-corrected chi connectivity index (χ2v) is 8.27. The maximum atomic E-state index is 13.3. The molecule has 4 amide bonds. The van der Waals surface area contributed by atoms with E-state index in [0.29, 0.717) is 23.7 Å². The Balaban J connectivity index is 1.25. The molecule has 2 aliphatic rings. The number of ether oxygens (including phenoxy) is 2. The van der Waals surface area contributed by atoms with Gasteiger partial charge in [-0.25, -0.2) is 4.79 Å². The highest BCUT2D eigenvalue weighted by atomic mass is 16.6. The smallest absolute Gasteiger partial charge is 0.325 e. The van der Waals surface area contributed by atoms with Crippen molar-refractivity contribution in [1.29, 1.82) is 0 Å². The van der Waals surface area contributed by atoms with Crippen molar-refractivity contribution in [2.45, 2.75) is 18.6 Å². The molecule has 2 heterocycles. The topological polar surface area (TPSA) is 97.0 Å². The number of nitrogens with zero attached hydrogens (tertiary/aromatic N) is 1. The fraction of sp³-hybridized carbons (Fsp3) is 0.240. The van der Waals surface area contributed by atoms with Gasteiger partial charge in [-0.3, -0.25) is 14.5 Å².